The molecule has 0 fully saturated rings. The Morgan fingerprint density at radius 3 is 2.63 bits per heavy atom. The topological polar surface area (TPSA) is 45.5 Å². The van der Waals surface area contributed by atoms with E-state index in [2.05, 4.69) is 9.98 Å². The molecule has 0 spiro atoms. The first-order valence-electron chi connectivity index (χ1n) is 6.00. The average Bonchev–Trinajstić information content (AvgIpc) is 2.48. The largest absolute Gasteiger partial charge is 0.505 e. The molecule has 0 radical (unpaired) electrons. The average molecular weight is 248 g/mol. The van der Waals surface area contributed by atoms with E-state index in [4.69, 9.17) is 0 Å². The molecule has 0 aliphatic rings. The SMILES string of the molecule is Oc1c(C=Nc2ccccc2)ccc2cccnc12. The summed E-state index contributed by atoms with van der Waals surface area (Å²) in [7, 11) is 0. The molecule has 92 valence electrons. The maximum atomic E-state index is 10.2. The molecule has 0 saturated carbocycles. The fourth-order valence-electron chi connectivity index (χ4n) is 1.91. The Morgan fingerprint density at radius 1 is 0.947 bits per heavy atom. The molecule has 0 amide bonds. The third kappa shape index (κ3) is 2.31. The van der Waals surface area contributed by atoms with Crippen molar-refractivity contribution in [2.75, 3.05) is 0 Å². The van der Waals surface area contributed by atoms with Gasteiger partial charge in [0, 0.05) is 23.4 Å². The third-order valence-electron chi connectivity index (χ3n) is 2.89. The van der Waals surface area contributed by atoms with E-state index in [1.807, 2.05) is 54.6 Å². The molecule has 0 aliphatic heterocycles. The minimum atomic E-state index is 0.165. The number of hydrogen-bond acceptors (Lipinski definition) is 3. The molecule has 1 N–H and O–H groups in total. The van der Waals surface area contributed by atoms with Gasteiger partial charge >= 0.3 is 0 Å². The van der Waals surface area contributed by atoms with Gasteiger partial charge in [-0.2, -0.15) is 0 Å². The van der Waals surface area contributed by atoms with Crippen molar-refractivity contribution in [2.45, 2.75) is 0 Å². The number of aliphatic imine (C=N–C) groups is 1. The van der Waals surface area contributed by atoms with Gasteiger partial charge in [-0.05, 0) is 24.3 Å². The monoisotopic (exact) mass is 248 g/mol. The van der Waals surface area contributed by atoms with E-state index in [0.717, 1.165) is 11.1 Å². The summed E-state index contributed by atoms with van der Waals surface area (Å²) in [5.74, 6) is 0.165. The molecule has 2 aromatic carbocycles. The smallest absolute Gasteiger partial charge is 0.150 e. The standard InChI is InChI=1S/C16H12N2O/c19-16-13(11-18-14-6-2-1-3-7-14)9-8-12-5-4-10-17-15(12)16/h1-11,19H. The van der Waals surface area contributed by atoms with E-state index < -0.39 is 0 Å². The second kappa shape index (κ2) is 4.90. The zero-order valence-corrected chi connectivity index (χ0v) is 10.2. The Hall–Kier alpha value is -2.68. The number of pyridine rings is 1. The van der Waals surface area contributed by atoms with E-state index in [-0.39, 0.29) is 5.75 Å². The van der Waals surface area contributed by atoms with Crippen molar-refractivity contribution in [1.29, 1.82) is 0 Å². The number of hydrogen-bond donors (Lipinski definition) is 1. The second-order valence-corrected chi connectivity index (χ2v) is 4.17. The summed E-state index contributed by atoms with van der Waals surface area (Å²) in [5, 5.41) is 11.1. The maximum Gasteiger partial charge on any atom is 0.150 e. The normalized spacial score (nSPS) is 11.2. The quantitative estimate of drug-likeness (QED) is 0.703. The lowest BCUT2D eigenvalue weighted by molar-refractivity contribution is 0.479. The second-order valence-electron chi connectivity index (χ2n) is 4.17. The predicted octanol–water partition coefficient (Wildman–Crippen LogP) is 3.69. The van der Waals surface area contributed by atoms with Gasteiger partial charge in [0.15, 0.2) is 5.75 Å². The number of phenolic OH excluding ortho intramolecular Hbond substituents is 1. The van der Waals surface area contributed by atoms with Gasteiger partial charge < -0.3 is 5.11 Å². The lowest BCUT2D eigenvalue weighted by atomic mass is 10.1. The van der Waals surface area contributed by atoms with Crippen molar-refractivity contribution in [3.05, 3.63) is 66.4 Å². The minimum absolute atomic E-state index is 0.165. The molecule has 0 unspecified atom stereocenters. The van der Waals surface area contributed by atoms with Crippen LogP contribution in [0.1, 0.15) is 5.56 Å². The van der Waals surface area contributed by atoms with Crippen LogP contribution in [0.2, 0.25) is 0 Å². The summed E-state index contributed by atoms with van der Waals surface area (Å²) in [4.78, 5) is 8.52. The number of nitrogens with zero attached hydrogens (tertiary/aromatic N) is 2. The van der Waals surface area contributed by atoms with Gasteiger partial charge in [0.05, 0.1) is 5.69 Å². The van der Waals surface area contributed by atoms with E-state index in [0.29, 0.717) is 11.1 Å². The molecule has 3 aromatic rings. The highest BCUT2D eigenvalue weighted by molar-refractivity contribution is 5.95. The van der Waals surface area contributed by atoms with Gasteiger partial charge in [-0.1, -0.05) is 30.3 Å². The summed E-state index contributed by atoms with van der Waals surface area (Å²) < 4.78 is 0. The van der Waals surface area contributed by atoms with Gasteiger partial charge in [0.25, 0.3) is 0 Å². The van der Waals surface area contributed by atoms with Crippen LogP contribution in [0, 0.1) is 0 Å². The van der Waals surface area contributed by atoms with Crippen LogP contribution < -0.4 is 0 Å². The Balaban J connectivity index is 2.02. The molecule has 1 heterocycles. The summed E-state index contributed by atoms with van der Waals surface area (Å²) in [5.41, 5.74) is 2.11. The minimum Gasteiger partial charge on any atom is -0.505 e. The van der Waals surface area contributed by atoms with E-state index in [9.17, 15) is 5.11 Å². The van der Waals surface area contributed by atoms with Crippen LogP contribution in [0.3, 0.4) is 0 Å². The van der Waals surface area contributed by atoms with Crippen LogP contribution in [0.25, 0.3) is 10.9 Å². The van der Waals surface area contributed by atoms with Gasteiger partial charge in [-0.15, -0.1) is 0 Å². The lowest BCUT2D eigenvalue weighted by Gasteiger charge is -2.02. The maximum absolute atomic E-state index is 10.2. The zero-order chi connectivity index (χ0) is 13.1. The lowest BCUT2D eigenvalue weighted by Crippen LogP contribution is -1.86. The van der Waals surface area contributed by atoms with Gasteiger partial charge in [-0.25, -0.2) is 0 Å². The molecular formula is C16H12N2O. The molecule has 0 saturated heterocycles. The summed E-state index contributed by atoms with van der Waals surface area (Å²) in [6.07, 6.45) is 3.32. The molecule has 19 heavy (non-hydrogen) atoms. The van der Waals surface area contributed by atoms with Crippen molar-refractivity contribution in [2.24, 2.45) is 4.99 Å². The predicted molar refractivity (Wildman–Crippen MR) is 77.1 cm³/mol. The number of rotatable bonds is 2. The highest BCUT2D eigenvalue weighted by Crippen LogP contribution is 2.25. The number of para-hydroxylation sites is 1. The molecule has 0 aliphatic carbocycles. The molecule has 3 rings (SSSR count). The van der Waals surface area contributed by atoms with Crippen molar-refractivity contribution < 1.29 is 5.11 Å². The zero-order valence-electron chi connectivity index (χ0n) is 10.2. The van der Waals surface area contributed by atoms with Crippen LogP contribution in [-0.4, -0.2) is 16.3 Å². The molecule has 0 atom stereocenters. The van der Waals surface area contributed by atoms with Gasteiger partial charge in [0.2, 0.25) is 0 Å². The van der Waals surface area contributed by atoms with Crippen molar-refractivity contribution in [3.63, 3.8) is 0 Å². The van der Waals surface area contributed by atoms with Crippen LogP contribution in [0.5, 0.6) is 5.75 Å². The molecular weight excluding hydrogens is 236 g/mol. The first-order chi connectivity index (χ1) is 9.34. The molecule has 1 aromatic heterocycles. The Kier molecular flexibility index (Phi) is 2.94. The Morgan fingerprint density at radius 2 is 1.79 bits per heavy atom. The number of phenols is 1. The van der Waals surface area contributed by atoms with E-state index >= 15 is 0 Å². The Bertz CT molecular complexity index is 736. The molecule has 3 heteroatoms. The van der Waals surface area contributed by atoms with Crippen LogP contribution in [-0.2, 0) is 0 Å². The Labute approximate surface area is 110 Å². The summed E-state index contributed by atoms with van der Waals surface area (Å²) >= 11 is 0. The fourth-order valence-corrected chi connectivity index (χ4v) is 1.91. The number of aromatic nitrogens is 1. The highest BCUT2D eigenvalue weighted by atomic mass is 16.3. The molecule has 3 nitrogen and oxygen atoms in total. The van der Waals surface area contributed by atoms with Crippen molar-refractivity contribution >= 4 is 22.8 Å². The van der Waals surface area contributed by atoms with Crippen LogP contribution in [0.15, 0.2) is 65.8 Å². The highest BCUT2D eigenvalue weighted by Gasteiger charge is 2.04. The first-order valence-corrected chi connectivity index (χ1v) is 6.00. The third-order valence-corrected chi connectivity index (χ3v) is 2.89. The number of fused-ring (bicyclic) bond motifs is 1. The fraction of sp³-hybridized carbons (Fsp3) is 0. The van der Waals surface area contributed by atoms with Gasteiger partial charge in [-0.3, -0.25) is 9.98 Å². The van der Waals surface area contributed by atoms with Crippen LogP contribution >= 0.6 is 0 Å². The summed E-state index contributed by atoms with van der Waals surface area (Å²) in [6, 6.07) is 17.1. The van der Waals surface area contributed by atoms with E-state index in [1.54, 1.807) is 12.4 Å². The molecule has 0 bridgehead atoms. The first kappa shape index (κ1) is 11.4. The van der Waals surface area contributed by atoms with Crippen molar-refractivity contribution in [1.82, 2.24) is 4.98 Å². The van der Waals surface area contributed by atoms with Gasteiger partial charge in [0.1, 0.15) is 5.52 Å². The van der Waals surface area contributed by atoms with E-state index in [1.165, 1.54) is 0 Å². The number of benzene rings is 2. The van der Waals surface area contributed by atoms with Crippen molar-refractivity contribution in [3.8, 4) is 5.75 Å². The van der Waals surface area contributed by atoms with Crippen LogP contribution in [0.4, 0.5) is 5.69 Å². The summed E-state index contributed by atoms with van der Waals surface area (Å²) in [6.45, 7) is 0. The number of aromatic hydroxyl groups is 1.